The number of aliphatic hydroxyl groups excluding tert-OH is 2. The van der Waals surface area contributed by atoms with Crippen LogP contribution in [0.4, 0.5) is 0 Å². The number of likely N-dealkylation sites (N-methyl/N-ethyl adjacent to an activating group) is 1. The van der Waals surface area contributed by atoms with Crippen molar-refractivity contribution < 1.29 is 39.5 Å². The van der Waals surface area contributed by atoms with Crippen LogP contribution in [-0.4, -0.2) is 81.8 Å². The summed E-state index contributed by atoms with van der Waals surface area (Å²) in [4.78, 5) is 41.4. The summed E-state index contributed by atoms with van der Waals surface area (Å²) in [5, 5.41) is 48.8. The molecular weight excluding hydrogens is 602 g/mol. The fourth-order valence-electron chi connectivity index (χ4n) is 7.77. The number of hydrogen-bond acceptors (Lipinski definition) is 10. The molecule has 6 rings (SSSR count). The molecule has 0 spiro atoms. The molecule has 3 aromatic carbocycles. The molecule has 2 unspecified atom stereocenters. The minimum atomic E-state index is -2.68. The average Bonchev–Trinajstić information content (AvgIpc) is 3.03. The SMILES string of the molecule is COc1ccc(CNCc2ccc(-c3ccc(O)c4c3C[C@@H]3C[C@@H]5[C@@H](N(C)C)C(O)C(C(N)=O)C(=O)[C@]5(O)C(=O)C3=C4O)cc2)cc1. The number of rotatable bonds is 8. The molecule has 3 aliphatic rings. The van der Waals surface area contributed by atoms with Crippen molar-refractivity contribution in [3.63, 3.8) is 0 Å². The number of aromatic hydroxyl groups is 1. The number of benzene rings is 3. The first-order valence-corrected chi connectivity index (χ1v) is 15.5. The number of hydrogen-bond donors (Lipinski definition) is 6. The van der Waals surface area contributed by atoms with Gasteiger partial charge in [0.1, 0.15) is 23.2 Å². The van der Waals surface area contributed by atoms with E-state index in [2.05, 4.69) is 5.32 Å². The van der Waals surface area contributed by atoms with Crippen molar-refractivity contribution >= 4 is 23.2 Å². The standard InChI is InChI=1S/C36H39N3O8/c1-39(2)30-25-15-21-14-24-23(20-8-4-18(5-9-20)16-38-17-19-6-10-22(47-3)11-7-19)12-13-26(40)28(24)31(41)27(21)33(43)36(25,46)34(44)29(32(30)42)35(37)45/h4-13,21,25,29-30,32,38,40-42,46H,14-17H2,1-3H3,(H2,37,45)/t21-,25-,29?,30-,32?,36-/m1/s1. The van der Waals surface area contributed by atoms with Gasteiger partial charge in [0.15, 0.2) is 11.4 Å². The van der Waals surface area contributed by atoms with Gasteiger partial charge in [0.2, 0.25) is 11.7 Å². The van der Waals surface area contributed by atoms with E-state index in [1.54, 1.807) is 32.2 Å². The van der Waals surface area contributed by atoms with E-state index >= 15 is 0 Å². The molecule has 0 bridgehead atoms. The number of aliphatic hydroxyl groups is 3. The fourth-order valence-corrected chi connectivity index (χ4v) is 7.77. The number of phenolic OH excluding ortho intramolecular Hbond substituents is 1. The molecule has 11 nitrogen and oxygen atoms in total. The van der Waals surface area contributed by atoms with Crippen LogP contribution in [0, 0.1) is 17.8 Å². The number of carbonyl (C=O) groups is 3. The van der Waals surface area contributed by atoms with E-state index in [0.717, 1.165) is 28.0 Å². The molecule has 3 aliphatic carbocycles. The summed E-state index contributed by atoms with van der Waals surface area (Å²) in [5.74, 6) is -6.82. The smallest absolute Gasteiger partial charge is 0.230 e. The van der Waals surface area contributed by atoms with Gasteiger partial charge in [0.05, 0.1) is 18.8 Å². The van der Waals surface area contributed by atoms with Crippen LogP contribution < -0.4 is 15.8 Å². The van der Waals surface area contributed by atoms with Crippen LogP contribution in [0.1, 0.15) is 28.7 Å². The molecule has 2 saturated carbocycles. The number of nitrogens with two attached hydrogens (primary N) is 1. The fraction of sp³-hybridized carbons (Fsp3) is 0.361. The van der Waals surface area contributed by atoms with Gasteiger partial charge in [-0.3, -0.25) is 14.4 Å². The highest BCUT2D eigenvalue weighted by Crippen LogP contribution is 2.53. The summed E-state index contributed by atoms with van der Waals surface area (Å²) in [6, 6.07) is 18.0. The molecule has 3 aromatic rings. The third-order valence-corrected chi connectivity index (χ3v) is 10.1. The van der Waals surface area contributed by atoms with Gasteiger partial charge in [-0.05, 0) is 78.9 Å². The Morgan fingerprint density at radius 2 is 1.62 bits per heavy atom. The summed E-state index contributed by atoms with van der Waals surface area (Å²) >= 11 is 0. The minimum Gasteiger partial charge on any atom is -0.507 e. The molecule has 47 heavy (non-hydrogen) atoms. The van der Waals surface area contributed by atoms with Gasteiger partial charge < -0.3 is 41.1 Å². The number of Topliss-reactive ketones (excluding diaryl/α,β-unsaturated/α-hetero) is 2. The second-order valence-corrected chi connectivity index (χ2v) is 12.9. The van der Waals surface area contributed by atoms with Crippen LogP contribution in [0.2, 0.25) is 0 Å². The van der Waals surface area contributed by atoms with Gasteiger partial charge in [-0.2, -0.15) is 0 Å². The van der Waals surface area contributed by atoms with Crippen molar-refractivity contribution in [3.05, 3.63) is 88.5 Å². The second-order valence-electron chi connectivity index (χ2n) is 12.9. The number of nitrogens with one attached hydrogen (secondary N) is 1. The Bertz CT molecular complexity index is 1770. The first-order chi connectivity index (χ1) is 22.4. The molecular formula is C36H39N3O8. The second kappa shape index (κ2) is 12.2. The number of amides is 1. The Balaban J connectivity index is 1.31. The highest BCUT2D eigenvalue weighted by Gasteiger charge is 2.67. The van der Waals surface area contributed by atoms with Crippen molar-refractivity contribution in [1.29, 1.82) is 0 Å². The molecule has 0 heterocycles. The molecule has 0 radical (unpaired) electrons. The van der Waals surface area contributed by atoms with Crippen molar-refractivity contribution in [2.75, 3.05) is 21.2 Å². The molecule has 0 aromatic heterocycles. The monoisotopic (exact) mass is 641 g/mol. The summed E-state index contributed by atoms with van der Waals surface area (Å²) in [5.41, 5.74) is 7.06. The first-order valence-electron chi connectivity index (χ1n) is 15.5. The van der Waals surface area contributed by atoms with Crippen LogP contribution in [-0.2, 0) is 33.9 Å². The van der Waals surface area contributed by atoms with Gasteiger partial charge in [-0.25, -0.2) is 0 Å². The molecule has 11 heteroatoms. The van der Waals surface area contributed by atoms with E-state index in [1.807, 2.05) is 48.5 Å². The Morgan fingerprint density at radius 1 is 1.00 bits per heavy atom. The van der Waals surface area contributed by atoms with Crippen molar-refractivity contribution in [3.8, 4) is 22.6 Å². The topological polar surface area (TPSA) is 183 Å². The number of carbonyl (C=O) groups excluding carboxylic acids is 3. The molecule has 0 saturated heterocycles. The van der Waals surface area contributed by atoms with E-state index in [-0.39, 0.29) is 29.7 Å². The lowest BCUT2D eigenvalue weighted by atomic mass is 9.54. The van der Waals surface area contributed by atoms with Crippen LogP contribution >= 0.6 is 0 Å². The van der Waals surface area contributed by atoms with Crippen LogP contribution in [0.3, 0.4) is 0 Å². The molecule has 1 amide bonds. The van der Waals surface area contributed by atoms with Crippen molar-refractivity contribution in [1.82, 2.24) is 10.2 Å². The Kier molecular flexibility index (Phi) is 8.43. The summed E-state index contributed by atoms with van der Waals surface area (Å²) in [7, 11) is 4.88. The summed E-state index contributed by atoms with van der Waals surface area (Å²) in [6.45, 7) is 1.32. The molecule has 2 fully saturated rings. The normalized spacial score (nSPS) is 26.9. The van der Waals surface area contributed by atoms with E-state index in [1.165, 1.54) is 6.07 Å². The zero-order valence-electron chi connectivity index (χ0n) is 26.4. The molecule has 0 aliphatic heterocycles. The van der Waals surface area contributed by atoms with Gasteiger partial charge in [-0.1, -0.05) is 42.5 Å². The third kappa shape index (κ3) is 5.29. The number of primary amides is 1. The van der Waals surface area contributed by atoms with Crippen LogP contribution in [0.15, 0.2) is 66.2 Å². The lowest BCUT2D eigenvalue weighted by Gasteiger charge is -2.53. The van der Waals surface area contributed by atoms with E-state index in [4.69, 9.17) is 10.5 Å². The van der Waals surface area contributed by atoms with Gasteiger partial charge in [0.25, 0.3) is 0 Å². The predicted octanol–water partition coefficient (Wildman–Crippen LogP) is 2.09. The zero-order chi connectivity index (χ0) is 33.8. The largest absolute Gasteiger partial charge is 0.507 e. The van der Waals surface area contributed by atoms with Crippen LogP contribution in [0.25, 0.3) is 16.9 Å². The number of ether oxygens (including phenoxy) is 1. The number of fused-ring (bicyclic) bond motifs is 3. The maximum Gasteiger partial charge on any atom is 0.230 e. The average molecular weight is 642 g/mol. The Morgan fingerprint density at radius 3 is 2.19 bits per heavy atom. The molecule has 6 atom stereocenters. The van der Waals surface area contributed by atoms with E-state index in [0.29, 0.717) is 18.7 Å². The Hall–Kier alpha value is -4.55. The molecule has 7 N–H and O–H groups in total. The number of methoxy groups -OCH3 is 1. The number of ketones is 2. The highest BCUT2D eigenvalue weighted by atomic mass is 16.5. The summed E-state index contributed by atoms with van der Waals surface area (Å²) in [6.07, 6.45) is -1.25. The maximum atomic E-state index is 14.1. The van der Waals surface area contributed by atoms with Gasteiger partial charge >= 0.3 is 0 Å². The van der Waals surface area contributed by atoms with Gasteiger partial charge in [-0.15, -0.1) is 0 Å². The molecule has 246 valence electrons. The number of nitrogens with zero attached hydrogens (tertiary/aromatic N) is 1. The van der Waals surface area contributed by atoms with Crippen LogP contribution in [0.5, 0.6) is 11.5 Å². The quantitative estimate of drug-likeness (QED) is 0.199. The lowest BCUT2D eigenvalue weighted by Crippen LogP contribution is -2.73. The predicted molar refractivity (Wildman–Crippen MR) is 173 cm³/mol. The van der Waals surface area contributed by atoms with Gasteiger partial charge in [0, 0.05) is 30.6 Å². The highest BCUT2D eigenvalue weighted by molar-refractivity contribution is 6.25. The van der Waals surface area contributed by atoms with E-state index in [9.17, 15) is 34.8 Å². The van der Waals surface area contributed by atoms with E-state index < -0.39 is 58.7 Å². The first kappa shape index (κ1) is 32.4. The lowest BCUT2D eigenvalue weighted by molar-refractivity contribution is -0.184. The minimum absolute atomic E-state index is 0.0616. The zero-order valence-corrected chi connectivity index (χ0v) is 26.4. The summed E-state index contributed by atoms with van der Waals surface area (Å²) < 4.78 is 5.21. The van der Waals surface area contributed by atoms with Crippen molar-refractivity contribution in [2.24, 2.45) is 23.5 Å². The van der Waals surface area contributed by atoms with Crippen molar-refractivity contribution in [2.45, 2.75) is 43.7 Å². The number of phenols is 1. The third-order valence-electron chi connectivity index (χ3n) is 10.1. The maximum absolute atomic E-state index is 14.1. The Labute approximate surface area is 272 Å².